The second kappa shape index (κ2) is 6.15. The molecule has 0 atom stereocenters. The molecule has 110 valence electrons. The molecule has 1 heterocycles. The number of methoxy groups -OCH3 is 1. The molecule has 5 heteroatoms. The molecule has 2 aromatic carbocycles. The molecule has 0 unspecified atom stereocenters. The fourth-order valence-electron chi connectivity index (χ4n) is 2.19. The van der Waals surface area contributed by atoms with E-state index in [1.54, 1.807) is 18.3 Å². The molecule has 0 spiro atoms. The zero-order valence-electron chi connectivity index (χ0n) is 11.8. The predicted molar refractivity (Wildman–Crippen MR) is 90.5 cm³/mol. The molecule has 3 rings (SSSR count). The number of hydrogen-bond donors (Lipinski definition) is 1. The standard InChI is InChI=1S/C17H13BrN2O2/c1-22-17(21)11-2-5-13(6-3-11)20-16-8-9-19-15-7-4-12(18)10-14(15)16/h2-10H,1H3,(H,19,20). The van der Waals surface area contributed by atoms with E-state index in [9.17, 15) is 4.79 Å². The van der Waals surface area contributed by atoms with Gasteiger partial charge in [-0.25, -0.2) is 4.79 Å². The molecular weight excluding hydrogens is 344 g/mol. The minimum absolute atomic E-state index is 0.343. The Morgan fingerprint density at radius 2 is 1.91 bits per heavy atom. The summed E-state index contributed by atoms with van der Waals surface area (Å²) in [6, 6.07) is 15.0. The normalized spacial score (nSPS) is 10.5. The van der Waals surface area contributed by atoms with Gasteiger partial charge in [-0.15, -0.1) is 0 Å². The van der Waals surface area contributed by atoms with Crippen LogP contribution in [0.15, 0.2) is 59.2 Å². The van der Waals surface area contributed by atoms with Crippen LogP contribution in [0.25, 0.3) is 10.9 Å². The zero-order chi connectivity index (χ0) is 15.5. The van der Waals surface area contributed by atoms with E-state index in [-0.39, 0.29) is 5.97 Å². The van der Waals surface area contributed by atoms with Gasteiger partial charge in [0.15, 0.2) is 0 Å². The van der Waals surface area contributed by atoms with Gasteiger partial charge in [0, 0.05) is 27.4 Å². The van der Waals surface area contributed by atoms with Gasteiger partial charge in [0.25, 0.3) is 0 Å². The van der Waals surface area contributed by atoms with Crippen molar-refractivity contribution in [2.75, 3.05) is 12.4 Å². The summed E-state index contributed by atoms with van der Waals surface area (Å²) < 4.78 is 5.69. The van der Waals surface area contributed by atoms with Crippen molar-refractivity contribution in [3.63, 3.8) is 0 Å². The highest BCUT2D eigenvalue weighted by Gasteiger charge is 2.06. The first-order chi connectivity index (χ1) is 10.7. The number of esters is 1. The van der Waals surface area contributed by atoms with Crippen LogP contribution in [0.3, 0.4) is 0 Å². The first-order valence-corrected chi connectivity index (χ1v) is 7.46. The Hall–Kier alpha value is -2.40. The number of fused-ring (bicyclic) bond motifs is 1. The molecule has 22 heavy (non-hydrogen) atoms. The number of carbonyl (C=O) groups is 1. The lowest BCUT2D eigenvalue weighted by Crippen LogP contribution is -2.01. The van der Waals surface area contributed by atoms with Crippen LogP contribution < -0.4 is 5.32 Å². The number of nitrogens with one attached hydrogen (secondary N) is 1. The number of anilines is 2. The minimum Gasteiger partial charge on any atom is -0.465 e. The topological polar surface area (TPSA) is 51.2 Å². The Kier molecular flexibility index (Phi) is 4.06. The Morgan fingerprint density at radius 3 is 2.64 bits per heavy atom. The number of halogens is 1. The first-order valence-electron chi connectivity index (χ1n) is 6.67. The summed E-state index contributed by atoms with van der Waals surface area (Å²) in [5.41, 5.74) is 3.28. The van der Waals surface area contributed by atoms with Crippen LogP contribution in [0.4, 0.5) is 11.4 Å². The third-order valence-electron chi connectivity index (χ3n) is 3.29. The van der Waals surface area contributed by atoms with Crippen molar-refractivity contribution in [1.82, 2.24) is 4.98 Å². The highest BCUT2D eigenvalue weighted by molar-refractivity contribution is 9.10. The molecule has 0 aliphatic heterocycles. The fourth-order valence-corrected chi connectivity index (χ4v) is 2.55. The molecule has 4 nitrogen and oxygen atoms in total. The lowest BCUT2D eigenvalue weighted by atomic mass is 10.1. The summed E-state index contributed by atoms with van der Waals surface area (Å²) >= 11 is 3.48. The van der Waals surface area contributed by atoms with E-state index >= 15 is 0 Å². The Morgan fingerprint density at radius 1 is 1.14 bits per heavy atom. The molecule has 1 N–H and O–H groups in total. The average Bonchev–Trinajstić information content (AvgIpc) is 2.55. The highest BCUT2D eigenvalue weighted by Crippen LogP contribution is 2.27. The number of carbonyl (C=O) groups excluding carboxylic acids is 1. The van der Waals surface area contributed by atoms with Crippen molar-refractivity contribution in [2.45, 2.75) is 0 Å². The van der Waals surface area contributed by atoms with Gasteiger partial charge in [0.05, 0.1) is 18.2 Å². The summed E-state index contributed by atoms with van der Waals surface area (Å²) in [5, 5.41) is 4.37. The molecule has 0 aliphatic carbocycles. The van der Waals surface area contributed by atoms with Crippen molar-refractivity contribution in [3.8, 4) is 0 Å². The van der Waals surface area contributed by atoms with E-state index in [0.29, 0.717) is 5.56 Å². The molecule has 0 fully saturated rings. The van der Waals surface area contributed by atoms with E-state index in [2.05, 4.69) is 26.2 Å². The monoisotopic (exact) mass is 356 g/mol. The second-order valence-electron chi connectivity index (χ2n) is 4.71. The van der Waals surface area contributed by atoms with Crippen molar-refractivity contribution < 1.29 is 9.53 Å². The van der Waals surface area contributed by atoms with Gasteiger partial charge in [-0.3, -0.25) is 4.98 Å². The molecule has 0 saturated heterocycles. The number of pyridine rings is 1. The smallest absolute Gasteiger partial charge is 0.337 e. The van der Waals surface area contributed by atoms with Gasteiger partial charge in [0.2, 0.25) is 0 Å². The maximum atomic E-state index is 11.4. The van der Waals surface area contributed by atoms with Gasteiger partial charge in [-0.1, -0.05) is 15.9 Å². The summed E-state index contributed by atoms with van der Waals surface area (Å²) in [5.74, 6) is -0.343. The summed E-state index contributed by atoms with van der Waals surface area (Å²) in [6.07, 6.45) is 1.77. The number of aromatic nitrogens is 1. The summed E-state index contributed by atoms with van der Waals surface area (Å²) in [6.45, 7) is 0. The molecular formula is C17H13BrN2O2. The SMILES string of the molecule is COC(=O)c1ccc(Nc2ccnc3ccc(Br)cc23)cc1. The number of ether oxygens (including phenoxy) is 1. The quantitative estimate of drug-likeness (QED) is 0.700. The number of benzene rings is 2. The van der Waals surface area contributed by atoms with Crippen molar-refractivity contribution in [2.24, 2.45) is 0 Å². The number of nitrogens with zero attached hydrogens (tertiary/aromatic N) is 1. The minimum atomic E-state index is -0.343. The maximum Gasteiger partial charge on any atom is 0.337 e. The first kappa shape index (κ1) is 14.5. The predicted octanol–water partition coefficient (Wildman–Crippen LogP) is 4.53. The molecule has 0 radical (unpaired) electrons. The third kappa shape index (κ3) is 2.94. The van der Waals surface area contributed by atoms with E-state index in [1.165, 1.54) is 7.11 Å². The van der Waals surface area contributed by atoms with Gasteiger partial charge in [-0.2, -0.15) is 0 Å². The van der Waals surface area contributed by atoms with Crippen LogP contribution in [0.1, 0.15) is 10.4 Å². The van der Waals surface area contributed by atoms with Crippen molar-refractivity contribution in [3.05, 3.63) is 64.8 Å². The molecule has 1 aromatic heterocycles. The van der Waals surface area contributed by atoms with Crippen LogP contribution in [0.2, 0.25) is 0 Å². The van der Waals surface area contributed by atoms with Crippen molar-refractivity contribution in [1.29, 1.82) is 0 Å². The number of rotatable bonds is 3. The van der Waals surface area contributed by atoms with E-state index in [4.69, 9.17) is 4.74 Å². The molecule has 0 saturated carbocycles. The third-order valence-corrected chi connectivity index (χ3v) is 3.78. The zero-order valence-corrected chi connectivity index (χ0v) is 13.4. The van der Waals surface area contributed by atoms with E-state index < -0.39 is 0 Å². The average molecular weight is 357 g/mol. The van der Waals surface area contributed by atoms with Gasteiger partial charge in [-0.05, 0) is 48.5 Å². The Balaban J connectivity index is 1.93. The Labute approximate surface area is 136 Å². The molecule has 0 bridgehead atoms. The lowest BCUT2D eigenvalue weighted by Gasteiger charge is -2.10. The van der Waals surface area contributed by atoms with Crippen LogP contribution >= 0.6 is 15.9 Å². The van der Waals surface area contributed by atoms with Gasteiger partial charge < -0.3 is 10.1 Å². The fraction of sp³-hybridized carbons (Fsp3) is 0.0588. The second-order valence-corrected chi connectivity index (χ2v) is 5.63. The lowest BCUT2D eigenvalue weighted by molar-refractivity contribution is 0.0601. The highest BCUT2D eigenvalue weighted by atomic mass is 79.9. The van der Waals surface area contributed by atoms with E-state index in [0.717, 1.165) is 26.8 Å². The largest absolute Gasteiger partial charge is 0.465 e. The Bertz CT molecular complexity index is 832. The molecule has 0 amide bonds. The summed E-state index contributed by atoms with van der Waals surface area (Å²) in [4.78, 5) is 15.8. The maximum absolute atomic E-state index is 11.4. The van der Waals surface area contributed by atoms with Crippen LogP contribution in [0.5, 0.6) is 0 Å². The van der Waals surface area contributed by atoms with Crippen molar-refractivity contribution >= 4 is 44.2 Å². The summed E-state index contributed by atoms with van der Waals surface area (Å²) in [7, 11) is 1.37. The molecule has 0 aliphatic rings. The van der Waals surface area contributed by atoms with Gasteiger partial charge >= 0.3 is 5.97 Å². The van der Waals surface area contributed by atoms with E-state index in [1.807, 2.05) is 36.4 Å². The van der Waals surface area contributed by atoms with Gasteiger partial charge in [0.1, 0.15) is 0 Å². The van der Waals surface area contributed by atoms with Crippen LogP contribution in [-0.4, -0.2) is 18.1 Å². The van der Waals surface area contributed by atoms with Crippen LogP contribution in [0, 0.1) is 0 Å². The van der Waals surface area contributed by atoms with Crippen LogP contribution in [-0.2, 0) is 4.74 Å². The molecule has 3 aromatic rings. The number of hydrogen-bond acceptors (Lipinski definition) is 4.